The minimum absolute atomic E-state index is 0.209. The van der Waals surface area contributed by atoms with Gasteiger partial charge >= 0.3 is 6.01 Å². The summed E-state index contributed by atoms with van der Waals surface area (Å²) in [6.45, 7) is 7.28. The first-order valence-corrected chi connectivity index (χ1v) is 14.1. The molecular formula is C25H35N5O5S. The Morgan fingerprint density at radius 3 is 2.56 bits per heavy atom. The van der Waals surface area contributed by atoms with E-state index in [0.29, 0.717) is 40.5 Å². The van der Waals surface area contributed by atoms with Crippen molar-refractivity contribution in [3.05, 3.63) is 35.5 Å². The van der Waals surface area contributed by atoms with E-state index in [9.17, 15) is 18.3 Å². The lowest BCUT2D eigenvalue weighted by atomic mass is 9.93. The number of amides is 1. The van der Waals surface area contributed by atoms with E-state index in [4.69, 9.17) is 4.74 Å². The number of nitrogens with zero attached hydrogens (tertiary/aromatic N) is 3. The number of benzene rings is 1. The highest BCUT2D eigenvalue weighted by Gasteiger charge is 2.44. The van der Waals surface area contributed by atoms with Crippen molar-refractivity contribution in [2.45, 2.75) is 59.0 Å². The maximum atomic E-state index is 13.4. The van der Waals surface area contributed by atoms with Gasteiger partial charge in [-0.25, -0.2) is 13.4 Å². The lowest BCUT2D eigenvalue weighted by Gasteiger charge is -2.35. The van der Waals surface area contributed by atoms with Crippen LogP contribution in [0.3, 0.4) is 0 Å². The first kappa shape index (κ1) is 26.2. The summed E-state index contributed by atoms with van der Waals surface area (Å²) < 4.78 is 32.9. The monoisotopic (exact) mass is 517 g/mol. The second kappa shape index (κ2) is 10.6. The van der Waals surface area contributed by atoms with Gasteiger partial charge in [0.25, 0.3) is 5.91 Å². The van der Waals surface area contributed by atoms with Gasteiger partial charge in [0, 0.05) is 24.8 Å². The summed E-state index contributed by atoms with van der Waals surface area (Å²) in [5.74, 6) is -0.428. The fourth-order valence-corrected chi connectivity index (χ4v) is 5.74. The number of piperidine rings is 1. The fraction of sp³-hybridized carbons (Fsp3) is 0.560. The van der Waals surface area contributed by atoms with Crippen LogP contribution < -0.4 is 19.7 Å². The maximum absolute atomic E-state index is 13.4. The van der Waals surface area contributed by atoms with E-state index in [-0.39, 0.29) is 11.9 Å². The molecular weight excluding hydrogens is 482 g/mol. The summed E-state index contributed by atoms with van der Waals surface area (Å²) in [5.41, 5.74) is 2.55. The summed E-state index contributed by atoms with van der Waals surface area (Å²) in [5, 5.41) is 12.4. The molecule has 1 atom stereocenters. The number of aryl methyl sites for hydroxylation is 1. The van der Waals surface area contributed by atoms with Crippen LogP contribution in [0.2, 0.25) is 0 Å². The van der Waals surface area contributed by atoms with Crippen LogP contribution in [0.5, 0.6) is 6.01 Å². The third-order valence-corrected chi connectivity index (χ3v) is 8.08. The summed E-state index contributed by atoms with van der Waals surface area (Å²) in [6, 6.07) is 6.76. The van der Waals surface area contributed by atoms with E-state index in [1.165, 1.54) is 19.8 Å². The van der Waals surface area contributed by atoms with Crippen molar-refractivity contribution in [2.24, 2.45) is 5.41 Å². The van der Waals surface area contributed by atoms with Gasteiger partial charge in [0.15, 0.2) is 0 Å². The Bertz CT molecular complexity index is 1200. The van der Waals surface area contributed by atoms with E-state index in [1.54, 1.807) is 31.2 Å². The largest absolute Gasteiger partial charge is 0.463 e. The fourth-order valence-electron chi connectivity index (χ4n) is 4.53. The van der Waals surface area contributed by atoms with Gasteiger partial charge in [0.1, 0.15) is 5.82 Å². The molecule has 2 heterocycles. The third-order valence-electron chi connectivity index (χ3n) is 6.61. The van der Waals surface area contributed by atoms with Crippen LogP contribution in [0.25, 0.3) is 0 Å². The van der Waals surface area contributed by atoms with E-state index in [1.807, 2.05) is 6.92 Å². The molecule has 1 aliphatic heterocycles. The SMILES string of the molecule is CCCOc1nc(C)cc(NC(=O)c2ccc(NS(=O)(=O)C[C@H](C)O)cc2N2CCC3(CC2)CC3)n1. The number of carbonyl (C=O) groups is 1. The highest BCUT2D eigenvalue weighted by molar-refractivity contribution is 7.92. The molecule has 1 saturated carbocycles. The van der Waals surface area contributed by atoms with Crippen LogP contribution in [0.4, 0.5) is 17.2 Å². The number of ether oxygens (including phenoxy) is 1. The summed E-state index contributed by atoms with van der Waals surface area (Å²) in [6.07, 6.45) is 4.43. The van der Waals surface area contributed by atoms with Gasteiger partial charge in [-0.3, -0.25) is 9.52 Å². The Morgan fingerprint density at radius 2 is 1.92 bits per heavy atom. The molecule has 4 rings (SSSR count). The molecule has 196 valence electrons. The van der Waals surface area contributed by atoms with Crippen LogP contribution in [0.15, 0.2) is 24.3 Å². The third kappa shape index (κ3) is 6.64. The zero-order valence-electron chi connectivity index (χ0n) is 21.1. The van der Waals surface area contributed by atoms with Gasteiger partial charge in [-0.05, 0) is 69.6 Å². The van der Waals surface area contributed by atoms with Crippen LogP contribution >= 0.6 is 0 Å². The smallest absolute Gasteiger partial charge is 0.318 e. The molecule has 0 unspecified atom stereocenters. The Balaban J connectivity index is 1.60. The molecule has 1 aromatic carbocycles. The van der Waals surface area contributed by atoms with Crippen LogP contribution in [-0.4, -0.2) is 61.0 Å². The minimum Gasteiger partial charge on any atom is -0.463 e. The van der Waals surface area contributed by atoms with Crippen molar-refractivity contribution in [2.75, 3.05) is 40.4 Å². The molecule has 0 radical (unpaired) electrons. The number of rotatable bonds is 10. The molecule has 1 amide bonds. The Hall–Kier alpha value is -2.92. The number of nitrogens with one attached hydrogen (secondary N) is 2. The average molecular weight is 518 g/mol. The van der Waals surface area contributed by atoms with Crippen molar-refractivity contribution < 1.29 is 23.1 Å². The minimum atomic E-state index is -3.74. The molecule has 3 N–H and O–H groups in total. The number of aliphatic hydroxyl groups is 1. The van der Waals surface area contributed by atoms with Crippen molar-refractivity contribution in [3.63, 3.8) is 0 Å². The normalized spacial score (nSPS) is 17.5. The standard InChI is InChI=1S/C25H35N5O5S/c1-4-13-35-24-26-17(2)14-22(28-24)27-23(32)20-6-5-19(29-36(33,34)16-18(3)31)15-21(20)30-11-9-25(7-8-25)10-12-30/h5-6,14-15,18,29,31H,4,7-13,16H2,1-3H3,(H,26,27,28,32)/t18-/m0/s1. The summed E-state index contributed by atoms with van der Waals surface area (Å²) in [4.78, 5) is 24.1. The lowest BCUT2D eigenvalue weighted by molar-refractivity contribution is 0.102. The van der Waals surface area contributed by atoms with E-state index < -0.39 is 21.9 Å². The van der Waals surface area contributed by atoms with Gasteiger partial charge in [-0.15, -0.1) is 0 Å². The topological polar surface area (TPSA) is 134 Å². The maximum Gasteiger partial charge on any atom is 0.318 e. The molecule has 36 heavy (non-hydrogen) atoms. The van der Waals surface area contributed by atoms with Crippen molar-refractivity contribution in [1.29, 1.82) is 0 Å². The van der Waals surface area contributed by atoms with Crippen molar-refractivity contribution >= 4 is 33.1 Å². The molecule has 2 aliphatic rings. The Morgan fingerprint density at radius 1 is 1.19 bits per heavy atom. The van der Waals surface area contributed by atoms with Gasteiger partial charge in [-0.2, -0.15) is 4.98 Å². The molecule has 0 bridgehead atoms. The lowest BCUT2D eigenvalue weighted by Crippen LogP contribution is -2.36. The Kier molecular flexibility index (Phi) is 7.70. The number of carbonyl (C=O) groups excluding carboxylic acids is 1. The molecule has 2 fully saturated rings. The van der Waals surface area contributed by atoms with Gasteiger partial charge < -0.3 is 20.1 Å². The molecule has 1 aromatic heterocycles. The second-order valence-corrected chi connectivity index (χ2v) is 11.7. The number of aromatic nitrogens is 2. The molecule has 1 aliphatic carbocycles. The number of sulfonamides is 1. The average Bonchev–Trinajstić information content (AvgIpc) is 3.55. The van der Waals surface area contributed by atoms with Crippen LogP contribution in [0.1, 0.15) is 62.0 Å². The van der Waals surface area contributed by atoms with Crippen LogP contribution in [-0.2, 0) is 10.0 Å². The van der Waals surface area contributed by atoms with E-state index >= 15 is 0 Å². The van der Waals surface area contributed by atoms with Crippen molar-refractivity contribution in [1.82, 2.24) is 9.97 Å². The number of aliphatic hydroxyl groups excluding tert-OH is 1. The predicted octanol–water partition coefficient (Wildman–Crippen LogP) is 3.33. The zero-order valence-corrected chi connectivity index (χ0v) is 21.9. The number of anilines is 3. The highest BCUT2D eigenvalue weighted by Crippen LogP contribution is 2.54. The molecule has 2 aromatic rings. The summed E-state index contributed by atoms with van der Waals surface area (Å²) >= 11 is 0. The Labute approximate surface area is 212 Å². The second-order valence-electron chi connectivity index (χ2n) is 9.93. The van der Waals surface area contributed by atoms with Gasteiger partial charge in [0.05, 0.1) is 35.4 Å². The molecule has 1 saturated heterocycles. The predicted molar refractivity (Wildman–Crippen MR) is 139 cm³/mol. The first-order valence-electron chi connectivity index (χ1n) is 12.5. The highest BCUT2D eigenvalue weighted by atomic mass is 32.2. The summed E-state index contributed by atoms with van der Waals surface area (Å²) in [7, 11) is -3.74. The number of hydrogen-bond donors (Lipinski definition) is 3. The van der Waals surface area contributed by atoms with Gasteiger partial charge in [-0.1, -0.05) is 6.92 Å². The van der Waals surface area contributed by atoms with Gasteiger partial charge in [0.2, 0.25) is 10.0 Å². The van der Waals surface area contributed by atoms with E-state index in [0.717, 1.165) is 32.4 Å². The molecule has 1 spiro atoms. The van der Waals surface area contributed by atoms with Crippen LogP contribution in [0, 0.1) is 12.3 Å². The first-order chi connectivity index (χ1) is 17.1. The van der Waals surface area contributed by atoms with Crippen molar-refractivity contribution in [3.8, 4) is 6.01 Å². The molecule has 10 nitrogen and oxygen atoms in total. The number of hydrogen-bond acceptors (Lipinski definition) is 8. The van der Waals surface area contributed by atoms with E-state index in [2.05, 4.69) is 24.9 Å². The molecule has 11 heteroatoms. The zero-order chi connectivity index (χ0) is 25.9. The quantitative estimate of drug-likeness (QED) is 0.437.